The standard InChI is InChI=1S/C18H11BrN4O6/c19-12-4-6-15(16(9-12)23(27)28)17-7-5-14(29-17)10-20-21-18(24)11-2-1-3-13(8-11)22(25)26/h1-10H,(H,21,24)/b20-10-. The molecule has 0 aliphatic heterocycles. The molecule has 11 heteroatoms. The van der Waals surface area contributed by atoms with Crippen molar-refractivity contribution < 1.29 is 19.1 Å². The molecule has 0 unspecified atom stereocenters. The number of furan rings is 1. The van der Waals surface area contributed by atoms with E-state index in [1.165, 1.54) is 36.5 Å². The molecule has 0 radical (unpaired) electrons. The van der Waals surface area contributed by atoms with Gasteiger partial charge in [0.2, 0.25) is 0 Å². The first-order valence-corrected chi connectivity index (χ1v) is 8.76. The summed E-state index contributed by atoms with van der Waals surface area (Å²) in [5, 5.41) is 25.7. The second-order valence-electron chi connectivity index (χ2n) is 5.63. The molecule has 10 nitrogen and oxygen atoms in total. The van der Waals surface area contributed by atoms with E-state index in [2.05, 4.69) is 26.5 Å². The number of amides is 1. The molecule has 146 valence electrons. The largest absolute Gasteiger partial charge is 0.455 e. The Morgan fingerprint density at radius 1 is 1.07 bits per heavy atom. The van der Waals surface area contributed by atoms with Crippen LogP contribution >= 0.6 is 15.9 Å². The van der Waals surface area contributed by atoms with Gasteiger partial charge in [0.05, 0.1) is 21.6 Å². The summed E-state index contributed by atoms with van der Waals surface area (Å²) >= 11 is 3.19. The van der Waals surface area contributed by atoms with E-state index >= 15 is 0 Å². The summed E-state index contributed by atoms with van der Waals surface area (Å²) in [7, 11) is 0. The quantitative estimate of drug-likeness (QED) is 0.331. The van der Waals surface area contributed by atoms with E-state index in [0.29, 0.717) is 10.0 Å². The number of benzene rings is 2. The molecule has 0 saturated carbocycles. The number of nitro groups is 2. The number of nitro benzene ring substituents is 2. The number of hydrazone groups is 1. The second-order valence-corrected chi connectivity index (χ2v) is 6.54. The maximum absolute atomic E-state index is 12.0. The molecule has 0 spiro atoms. The van der Waals surface area contributed by atoms with Gasteiger partial charge in [0.25, 0.3) is 17.3 Å². The van der Waals surface area contributed by atoms with E-state index in [1.807, 2.05) is 0 Å². The predicted octanol–water partition coefficient (Wildman–Crippen LogP) is 4.29. The van der Waals surface area contributed by atoms with Crippen molar-refractivity contribution in [3.63, 3.8) is 0 Å². The fourth-order valence-electron chi connectivity index (χ4n) is 2.41. The van der Waals surface area contributed by atoms with Crippen molar-refractivity contribution in [2.75, 3.05) is 0 Å². The molecule has 2 aromatic carbocycles. The SMILES string of the molecule is O=C(N/N=C\c1ccc(-c2ccc(Br)cc2[N+](=O)[O-])o1)c1cccc([N+](=O)[O-])c1. The van der Waals surface area contributed by atoms with Gasteiger partial charge >= 0.3 is 0 Å². The van der Waals surface area contributed by atoms with Crippen LogP contribution in [0.3, 0.4) is 0 Å². The van der Waals surface area contributed by atoms with Crippen LogP contribution in [0.5, 0.6) is 0 Å². The van der Waals surface area contributed by atoms with Crippen molar-refractivity contribution in [3.05, 3.63) is 90.6 Å². The van der Waals surface area contributed by atoms with Gasteiger partial charge in [-0.15, -0.1) is 0 Å². The van der Waals surface area contributed by atoms with Crippen molar-refractivity contribution in [1.29, 1.82) is 0 Å². The molecule has 0 aliphatic rings. The Morgan fingerprint density at radius 2 is 1.86 bits per heavy atom. The Kier molecular flexibility index (Phi) is 5.79. The molecule has 29 heavy (non-hydrogen) atoms. The van der Waals surface area contributed by atoms with Crippen LogP contribution in [0.15, 0.2) is 68.6 Å². The fraction of sp³-hybridized carbons (Fsp3) is 0. The Hall–Kier alpha value is -3.86. The van der Waals surface area contributed by atoms with Crippen LogP contribution < -0.4 is 5.43 Å². The summed E-state index contributed by atoms with van der Waals surface area (Å²) in [6.45, 7) is 0. The Labute approximate surface area is 171 Å². The lowest BCUT2D eigenvalue weighted by Gasteiger charge is -2.00. The average Bonchev–Trinajstić information content (AvgIpc) is 3.16. The zero-order chi connectivity index (χ0) is 21.0. The van der Waals surface area contributed by atoms with Gasteiger partial charge in [-0.2, -0.15) is 5.10 Å². The third-order valence-electron chi connectivity index (χ3n) is 3.73. The number of nitrogens with one attached hydrogen (secondary N) is 1. The highest BCUT2D eigenvalue weighted by Crippen LogP contribution is 2.33. The van der Waals surface area contributed by atoms with Crippen LogP contribution in [0.1, 0.15) is 16.1 Å². The van der Waals surface area contributed by atoms with Crippen LogP contribution in [0.25, 0.3) is 11.3 Å². The van der Waals surface area contributed by atoms with E-state index in [9.17, 15) is 25.0 Å². The van der Waals surface area contributed by atoms with Crippen molar-refractivity contribution >= 4 is 39.4 Å². The number of non-ortho nitro benzene ring substituents is 1. The van der Waals surface area contributed by atoms with Gasteiger partial charge in [-0.05, 0) is 30.3 Å². The first-order chi connectivity index (χ1) is 13.8. The van der Waals surface area contributed by atoms with Gasteiger partial charge in [-0.25, -0.2) is 5.43 Å². The van der Waals surface area contributed by atoms with Gasteiger partial charge in [0.15, 0.2) is 0 Å². The maximum Gasteiger partial charge on any atom is 0.281 e. The van der Waals surface area contributed by atoms with E-state index in [4.69, 9.17) is 4.42 Å². The highest BCUT2D eigenvalue weighted by atomic mass is 79.9. The number of halogens is 1. The summed E-state index contributed by atoms with van der Waals surface area (Å²) in [6.07, 6.45) is 1.21. The molecule has 1 heterocycles. The Morgan fingerprint density at radius 3 is 2.59 bits per heavy atom. The van der Waals surface area contributed by atoms with E-state index in [1.54, 1.807) is 18.2 Å². The van der Waals surface area contributed by atoms with Crippen LogP contribution in [0.2, 0.25) is 0 Å². The number of nitrogens with zero attached hydrogens (tertiary/aromatic N) is 3. The van der Waals surface area contributed by atoms with E-state index < -0.39 is 15.8 Å². The van der Waals surface area contributed by atoms with E-state index in [-0.39, 0.29) is 28.5 Å². The van der Waals surface area contributed by atoms with Crippen LogP contribution in [0, 0.1) is 20.2 Å². The highest BCUT2D eigenvalue weighted by molar-refractivity contribution is 9.10. The molecule has 1 aromatic heterocycles. The molecule has 3 aromatic rings. The molecule has 0 saturated heterocycles. The molecule has 0 bridgehead atoms. The number of carbonyl (C=O) groups is 1. The molecule has 0 atom stereocenters. The molecule has 0 fully saturated rings. The Balaban J connectivity index is 1.73. The first-order valence-electron chi connectivity index (χ1n) is 7.97. The first kappa shape index (κ1) is 19.9. The number of hydrogen-bond donors (Lipinski definition) is 1. The highest BCUT2D eigenvalue weighted by Gasteiger charge is 2.18. The lowest BCUT2D eigenvalue weighted by atomic mass is 10.1. The lowest BCUT2D eigenvalue weighted by molar-refractivity contribution is -0.384. The van der Waals surface area contributed by atoms with E-state index in [0.717, 1.165) is 6.07 Å². The van der Waals surface area contributed by atoms with Crippen molar-refractivity contribution in [3.8, 4) is 11.3 Å². The predicted molar refractivity (Wildman–Crippen MR) is 107 cm³/mol. The van der Waals surface area contributed by atoms with Gasteiger partial charge in [-0.1, -0.05) is 22.0 Å². The molecular formula is C18H11BrN4O6. The third kappa shape index (κ3) is 4.71. The number of carbonyl (C=O) groups excluding carboxylic acids is 1. The zero-order valence-corrected chi connectivity index (χ0v) is 16.0. The number of rotatable bonds is 6. The fourth-order valence-corrected chi connectivity index (χ4v) is 2.76. The Bertz CT molecular complexity index is 1140. The summed E-state index contributed by atoms with van der Waals surface area (Å²) < 4.78 is 6.09. The normalized spacial score (nSPS) is 10.8. The number of hydrogen-bond acceptors (Lipinski definition) is 7. The third-order valence-corrected chi connectivity index (χ3v) is 4.22. The smallest absolute Gasteiger partial charge is 0.281 e. The monoisotopic (exact) mass is 458 g/mol. The van der Waals surface area contributed by atoms with Crippen molar-refractivity contribution in [2.45, 2.75) is 0 Å². The summed E-state index contributed by atoms with van der Waals surface area (Å²) in [5.41, 5.74) is 2.25. The minimum absolute atomic E-state index is 0.0713. The van der Waals surface area contributed by atoms with Gasteiger partial charge in [0, 0.05) is 28.2 Å². The molecule has 3 rings (SSSR count). The minimum atomic E-state index is -0.639. The van der Waals surface area contributed by atoms with Gasteiger partial charge < -0.3 is 4.42 Å². The van der Waals surface area contributed by atoms with Crippen LogP contribution in [0.4, 0.5) is 11.4 Å². The minimum Gasteiger partial charge on any atom is -0.455 e. The van der Waals surface area contributed by atoms with Crippen LogP contribution in [-0.4, -0.2) is 22.0 Å². The lowest BCUT2D eigenvalue weighted by Crippen LogP contribution is -2.17. The molecular weight excluding hydrogens is 448 g/mol. The maximum atomic E-state index is 12.0. The topological polar surface area (TPSA) is 141 Å². The van der Waals surface area contributed by atoms with Gasteiger partial charge in [-0.3, -0.25) is 25.0 Å². The second kappa shape index (κ2) is 8.44. The summed E-state index contributed by atoms with van der Waals surface area (Å²) in [6, 6.07) is 12.8. The summed E-state index contributed by atoms with van der Waals surface area (Å²) in [5.74, 6) is -0.132. The zero-order valence-electron chi connectivity index (χ0n) is 14.4. The molecule has 0 aliphatic carbocycles. The average molecular weight is 459 g/mol. The molecule has 1 amide bonds. The summed E-state index contributed by atoms with van der Waals surface area (Å²) in [4.78, 5) is 32.9. The molecule has 1 N–H and O–H groups in total. The van der Waals surface area contributed by atoms with Crippen LogP contribution in [-0.2, 0) is 0 Å². The van der Waals surface area contributed by atoms with Crippen molar-refractivity contribution in [2.24, 2.45) is 5.10 Å². The van der Waals surface area contributed by atoms with Gasteiger partial charge in [0.1, 0.15) is 11.5 Å². The van der Waals surface area contributed by atoms with Crippen molar-refractivity contribution in [1.82, 2.24) is 5.43 Å².